The molecule has 0 aromatic rings. The molecule has 0 aromatic carbocycles. The fourth-order valence-corrected chi connectivity index (χ4v) is 7.49. The number of rotatable bonds is 36. The average molecular weight is 859 g/mol. The molecular formula is C45H79O13P. The summed E-state index contributed by atoms with van der Waals surface area (Å²) in [6.45, 7) is 3.21. The highest BCUT2D eigenvalue weighted by Crippen LogP contribution is 2.47. The number of phosphoric ester groups is 1. The zero-order valence-corrected chi connectivity index (χ0v) is 36.9. The van der Waals surface area contributed by atoms with Crippen molar-refractivity contribution in [2.45, 2.75) is 211 Å². The van der Waals surface area contributed by atoms with Crippen LogP contribution in [0, 0.1) is 0 Å². The molecule has 1 rings (SSSR count). The predicted octanol–water partition coefficient (Wildman–Crippen LogP) is 8.39. The van der Waals surface area contributed by atoms with Crippen LogP contribution in [0.4, 0.5) is 0 Å². The Bertz CT molecular complexity index is 1220. The van der Waals surface area contributed by atoms with E-state index in [4.69, 9.17) is 18.5 Å². The first-order valence-electron chi connectivity index (χ1n) is 22.4. The van der Waals surface area contributed by atoms with E-state index in [-0.39, 0.29) is 12.8 Å². The summed E-state index contributed by atoms with van der Waals surface area (Å²) < 4.78 is 33.4. The van der Waals surface area contributed by atoms with Crippen molar-refractivity contribution in [3.8, 4) is 0 Å². The van der Waals surface area contributed by atoms with Gasteiger partial charge in [0.2, 0.25) is 0 Å². The molecule has 0 aliphatic heterocycles. The molecule has 1 aliphatic rings. The lowest BCUT2D eigenvalue weighted by molar-refractivity contribution is -0.220. The molecule has 6 N–H and O–H groups in total. The zero-order chi connectivity index (χ0) is 43.6. The second kappa shape index (κ2) is 35.4. The molecule has 1 fully saturated rings. The normalized spacial score (nSPS) is 22.8. The second-order valence-electron chi connectivity index (χ2n) is 15.6. The number of allylic oxidation sites excluding steroid dienone is 8. The Labute approximate surface area is 354 Å². The van der Waals surface area contributed by atoms with Gasteiger partial charge >= 0.3 is 19.8 Å². The number of carbonyl (C=O) groups excluding carboxylic acids is 2. The summed E-state index contributed by atoms with van der Waals surface area (Å²) in [5.74, 6) is -1.16. The molecule has 1 saturated carbocycles. The third-order valence-corrected chi connectivity index (χ3v) is 11.2. The quantitative estimate of drug-likeness (QED) is 0.0152. The van der Waals surface area contributed by atoms with Crippen LogP contribution in [0.25, 0.3) is 0 Å². The van der Waals surface area contributed by atoms with Gasteiger partial charge in [-0.3, -0.25) is 18.6 Å². The first kappa shape index (κ1) is 54.8. The van der Waals surface area contributed by atoms with Gasteiger partial charge in [-0.05, 0) is 51.4 Å². The summed E-state index contributed by atoms with van der Waals surface area (Å²) in [6.07, 6.45) is 27.5. The van der Waals surface area contributed by atoms with Crippen molar-refractivity contribution >= 4 is 19.8 Å². The van der Waals surface area contributed by atoms with Gasteiger partial charge in [0.25, 0.3) is 0 Å². The maximum absolute atomic E-state index is 12.8. The molecule has 0 bridgehead atoms. The van der Waals surface area contributed by atoms with E-state index in [9.17, 15) is 44.6 Å². The zero-order valence-electron chi connectivity index (χ0n) is 36.0. The lowest BCUT2D eigenvalue weighted by atomic mass is 9.85. The summed E-state index contributed by atoms with van der Waals surface area (Å²) in [7, 11) is -5.13. The number of aliphatic hydroxyl groups is 5. The van der Waals surface area contributed by atoms with Gasteiger partial charge in [-0.1, -0.05) is 152 Å². The second-order valence-corrected chi connectivity index (χ2v) is 17.0. The van der Waals surface area contributed by atoms with Gasteiger partial charge in [0, 0.05) is 12.8 Å². The Hall–Kier alpha value is -2.19. The van der Waals surface area contributed by atoms with Crippen molar-refractivity contribution in [2.24, 2.45) is 0 Å². The molecule has 0 amide bonds. The summed E-state index contributed by atoms with van der Waals surface area (Å²) in [4.78, 5) is 35.6. The highest BCUT2D eigenvalue weighted by molar-refractivity contribution is 7.47. The summed E-state index contributed by atoms with van der Waals surface area (Å²) in [6, 6.07) is 0. The minimum Gasteiger partial charge on any atom is -0.462 e. The molecule has 0 saturated heterocycles. The maximum Gasteiger partial charge on any atom is 0.472 e. The van der Waals surface area contributed by atoms with Crippen molar-refractivity contribution in [1.29, 1.82) is 0 Å². The minimum atomic E-state index is -5.13. The van der Waals surface area contributed by atoms with Crippen LogP contribution in [-0.4, -0.2) is 98.3 Å². The molecule has 0 radical (unpaired) electrons. The third kappa shape index (κ3) is 28.1. The van der Waals surface area contributed by atoms with Gasteiger partial charge in [0.1, 0.15) is 43.2 Å². The monoisotopic (exact) mass is 859 g/mol. The number of aliphatic hydroxyl groups excluding tert-OH is 5. The molecule has 0 heterocycles. The van der Waals surface area contributed by atoms with E-state index in [0.29, 0.717) is 19.3 Å². The van der Waals surface area contributed by atoms with Gasteiger partial charge in [-0.15, -0.1) is 0 Å². The number of esters is 2. The molecule has 1 aliphatic carbocycles. The molecular weight excluding hydrogens is 779 g/mol. The van der Waals surface area contributed by atoms with Crippen LogP contribution in [0.5, 0.6) is 0 Å². The number of phosphoric acid groups is 1. The fraction of sp³-hybridized carbons (Fsp3) is 0.778. The largest absolute Gasteiger partial charge is 0.472 e. The van der Waals surface area contributed by atoms with Crippen LogP contribution >= 0.6 is 7.82 Å². The Morgan fingerprint density at radius 3 is 1.44 bits per heavy atom. The number of hydrogen-bond donors (Lipinski definition) is 6. The van der Waals surface area contributed by atoms with Crippen LogP contribution in [0.15, 0.2) is 48.6 Å². The Balaban J connectivity index is 2.52. The lowest BCUT2D eigenvalue weighted by Crippen LogP contribution is -2.64. The molecule has 0 aromatic heterocycles. The van der Waals surface area contributed by atoms with Gasteiger partial charge in [-0.2, -0.15) is 0 Å². The third-order valence-electron chi connectivity index (χ3n) is 10.2. The predicted molar refractivity (Wildman–Crippen MR) is 230 cm³/mol. The topological polar surface area (TPSA) is 210 Å². The van der Waals surface area contributed by atoms with Gasteiger partial charge in [-0.25, -0.2) is 4.57 Å². The first-order chi connectivity index (χ1) is 28.4. The van der Waals surface area contributed by atoms with Crippen molar-refractivity contribution < 1.29 is 63.1 Å². The van der Waals surface area contributed by atoms with Gasteiger partial charge in [0.15, 0.2) is 6.10 Å². The molecule has 8 atom stereocenters. The first-order valence-corrected chi connectivity index (χ1v) is 23.9. The lowest BCUT2D eigenvalue weighted by Gasteiger charge is -2.41. The number of unbranched alkanes of at least 4 members (excludes halogenated alkanes) is 16. The van der Waals surface area contributed by atoms with E-state index in [2.05, 4.69) is 50.3 Å². The van der Waals surface area contributed by atoms with Crippen LogP contribution in [0.1, 0.15) is 168 Å². The Kier molecular flexibility index (Phi) is 32.9. The number of ether oxygens (including phenoxy) is 2. The molecule has 13 nitrogen and oxygen atoms in total. The standard InChI is InChI=1S/C45H79O13P/c1-3-5-7-9-11-13-15-17-18-19-20-22-23-25-27-29-31-33-38(46)55-35-37(36-56-59(53,54)58-45-43(51)41(49)40(48)42(50)44(45)52)57-39(47)34-32-30-28-26-24-21-16-14-12-10-8-6-4-2/h11,13,17-18,20,22,25,27,37,40-45,48-52H,3-10,12,14-16,19,21,23-24,26,28-36H2,1-2H3,(H,53,54)/t37-,40?,41-,42?,43?,44?,45?/m1/s1. The fourth-order valence-electron chi connectivity index (χ4n) is 6.51. The molecule has 6 unspecified atom stereocenters. The van der Waals surface area contributed by atoms with Crippen molar-refractivity contribution in [3.63, 3.8) is 0 Å². The highest BCUT2D eigenvalue weighted by Gasteiger charge is 2.51. The molecule has 0 spiro atoms. The van der Waals surface area contributed by atoms with Crippen molar-refractivity contribution in [2.75, 3.05) is 13.2 Å². The van der Waals surface area contributed by atoms with Crippen LogP contribution in [-0.2, 0) is 32.7 Å². The number of hydrogen-bond acceptors (Lipinski definition) is 12. The van der Waals surface area contributed by atoms with Crippen LogP contribution in [0.3, 0.4) is 0 Å². The van der Waals surface area contributed by atoms with E-state index >= 15 is 0 Å². The SMILES string of the molecule is CCCCCC=CCC=CCC=CCC=CCCCC(=O)OC[C@H](COP(=O)(O)OC1C(O)C(O)C(O)[C@@H](O)C1O)OC(=O)CCCCCCCCCCCCCCC. The Morgan fingerprint density at radius 2 is 0.932 bits per heavy atom. The van der Waals surface area contributed by atoms with E-state index < -0.39 is 75.7 Å². The summed E-state index contributed by atoms with van der Waals surface area (Å²) in [5.41, 5.74) is 0. The van der Waals surface area contributed by atoms with Gasteiger partial charge in [0.05, 0.1) is 6.61 Å². The van der Waals surface area contributed by atoms with Crippen molar-refractivity contribution in [3.05, 3.63) is 48.6 Å². The summed E-state index contributed by atoms with van der Waals surface area (Å²) in [5, 5.41) is 50.1. The minimum absolute atomic E-state index is 0.0864. The summed E-state index contributed by atoms with van der Waals surface area (Å²) >= 11 is 0. The van der Waals surface area contributed by atoms with E-state index in [1.54, 1.807) is 0 Å². The van der Waals surface area contributed by atoms with Crippen LogP contribution in [0.2, 0.25) is 0 Å². The van der Waals surface area contributed by atoms with E-state index in [1.807, 2.05) is 12.2 Å². The molecule has 342 valence electrons. The van der Waals surface area contributed by atoms with E-state index in [0.717, 1.165) is 51.4 Å². The smallest absolute Gasteiger partial charge is 0.462 e. The van der Waals surface area contributed by atoms with Gasteiger partial charge < -0.3 is 39.9 Å². The Morgan fingerprint density at radius 1 is 0.525 bits per heavy atom. The molecule has 59 heavy (non-hydrogen) atoms. The average Bonchev–Trinajstić information content (AvgIpc) is 3.21. The van der Waals surface area contributed by atoms with E-state index in [1.165, 1.54) is 70.6 Å². The molecule has 14 heteroatoms. The number of carbonyl (C=O) groups is 2. The maximum atomic E-state index is 12.8. The highest BCUT2D eigenvalue weighted by atomic mass is 31.2. The van der Waals surface area contributed by atoms with Crippen molar-refractivity contribution in [1.82, 2.24) is 0 Å². The van der Waals surface area contributed by atoms with Crippen LogP contribution < -0.4 is 0 Å².